The molecule has 0 aliphatic heterocycles. The number of hydrogen-bond donors (Lipinski definition) is 1. The van der Waals surface area contributed by atoms with Crippen LogP contribution in [0.1, 0.15) is 0 Å². The number of fused-ring (bicyclic) bond motifs is 1. The Hall–Kier alpha value is -4.06. The van der Waals surface area contributed by atoms with Crippen LogP contribution in [0.3, 0.4) is 0 Å². The summed E-state index contributed by atoms with van der Waals surface area (Å²) in [5.41, 5.74) is 1.82. The van der Waals surface area contributed by atoms with Crippen molar-refractivity contribution in [2.75, 3.05) is 12.4 Å². The van der Waals surface area contributed by atoms with Gasteiger partial charge in [-0.25, -0.2) is 9.50 Å². The smallest absolute Gasteiger partial charge is 0.231 e. The Labute approximate surface area is 159 Å². The zero-order chi connectivity index (χ0) is 19.4. The van der Waals surface area contributed by atoms with Gasteiger partial charge in [-0.3, -0.25) is 0 Å². The number of nitriles is 3. The minimum absolute atomic E-state index is 0.180. The van der Waals surface area contributed by atoms with Gasteiger partial charge in [-0.1, -0.05) is 17.7 Å². The summed E-state index contributed by atoms with van der Waals surface area (Å²) in [7, 11) is 1.53. The molecular weight excluding hydrogens is 366 g/mol. The molecule has 2 aromatic heterocycles. The highest BCUT2D eigenvalue weighted by Gasteiger charge is 2.12. The average Bonchev–Trinajstić information content (AvgIpc) is 3.12. The van der Waals surface area contributed by atoms with Crippen LogP contribution in [0.25, 0.3) is 16.9 Å². The van der Waals surface area contributed by atoms with Gasteiger partial charge in [0.2, 0.25) is 5.88 Å². The molecule has 0 bridgehead atoms. The first-order valence-electron chi connectivity index (χ1n) is 7.51. The van der Waals surface area contributed by atoms with Crippen molar-refractivity contribution in [2.24, 2.45) is 0 Å². The average molecular weight is 376 g/mol. The molecule has 8 nitrogen and oxygen atoms in total. The van der Waals surface area contributed by atoms with Gasteiger partial charge in [0.1, 0.15) is 23.9 Å². The molecule has 130 valence electrons. The molecule has 0 atom stereocenters. The standard InChI is InChI=1S/C18H10ClN7O/c1-27-18-5-4-17-24-16(10-26(17)25-18)11-2-3-13(19)14(6-11)23-15(9-22)12(7-20)8-21/h2-6,10,23H,1H3. The minimum Gasteiger partial charge on any atom is -0.480 e. The predicted octanol–water partition coefficient (Wildman–Crippen LogP) is 3.30. The predicted molar refractivity (Wildman–Crippen MR) is 97.5 cm³/mol. The van der Waals surface area contributed by atoms with Crippen molar-refractivity contribution in [2.45, 2.75) is 0 Å². The Kier molecular flexibility index (Phi) is 4.90. The molecule has 3 aromatic rings. The monoisotopic (exact) mass is 375 g/mol. The van der Waals surface area contributed by atoms with Gasteiger partial charge in [-0.05, 0) is 18.2 Å². The van der Waals surface area contributed by atoms with E-state index in [0.29, 0.717) is 33.5 Å². The molecule has 1 N–H and O–H groups in total. The van der Waals surface area contributed by atoms with Crippen molar-refractivity contribution in [1.82, 2.24) is 14.6 Å². The molecular formula is C18H10ClN7O. The van der Waals surface area contributed by atoms with E-state index < -0.39 is 0 Å². The van der Waals surface area contributed by atoms with E-state index >= 15 is 0 Å². The Morgan fingerprint density at radius 2 is 1.93 bits per heavy atom. The van der Waals surface area contributed by atoms with Gasteiger partial charge in [0.25, 0.3) is 0 Å². The number of methoxy groups -OCH3 is 1. The van der Waals surface area contributed by atoms with Crippen LogP contribution in [0.5, 0.6) is 5.88 Å². The lowest BCUT2D eigenvalue weighted by Crippen LogP contribution is -2.01. The van der Waals surface area contributed by atoms with Crippen LogP contribution in [0, 0.1) is 34.0 Å². The molecule has 0 aliphatic carbocycles. The van der Waals surface area contributed by atoms with Crippen molar-refractivity contribution >= 4 is 22.9 Å². The number of benzene rings is 1. The van der Waals surface area contributed by atoms with E-state index in [1.807, 2.05) is 0 Å². The molecule has 9 heteroatoms. The maximum Gasteiger partial charge on any atom is 0.231 e. The fraction of sp³-hybridized carbons (Fsp3) is 0.0556. The van der Waals surface area contributed by atoms with E-state index in [2.05, 4.69) is 15.4 Å². The highest BCUT2D eigenvalue weighted by Crippen LogP contribution is 2.30. The van der Waals surface area contributed by atoms with Gasteiger partial charge in [-0.15, -0.1) is 5.10 Å². The fourth-order valence-corrected chi connectivity index (χ4v) is 2.48. The Bertz CT molecular complexity index is 1180. The van der Waals surface area contributed by atoms with E-state index in [0.717, 1.165) is 0 Å². The van der Waals surface area contributed by atoms with Gasteiger partial charge >= 0.3 is 0 Å². The number of nitrogens with zero attached hydrogens (tertiary/aromatic N) is 6. The molecule has 27 heavy (non-hydrogen) atoms. The van der Waals surface area contributed by atoms with Gasteiger partial charge in [0.05, 0.1) is 29.7 Å². The summed E-state index contributed by atoms with van der Waals surface area (Å²) in [6.07, 6.45) is 1.72. The maximum absolute atomic E-state index is 9.19. The highest BCUT2D eigenvalue weighted by atomic mass is 35.5. The number of hydrogen-bond acceptors (Lipinski definition) is 7. The van der Waals surface area contributed by atoms with Crippen molar-refractivity contribution in [3.05, 3.63) is 52.8 Å². The Morgan fingerprint density at radius 1 is 1.15 bits per heavy atom. The van der Waals surface area contributed by atoms with Gasteiger partial charge < -0.3 is 10.1 Å². The second-order valence-corrected chi connectivity index (χ2v) is 5.62. The van der Waals surface area contributed by atoms with Crippen LogP contribution in [-0.2, 0) is 0 Å². The second-order valence-electron chi connectivity index (χ2n) is 5.21. The summed E-state index contributed by atoms with van der Waals surface area (Å²) >= 11 is 6.18. The topological polar surface area (TPSA) is 123 Å². The maximum atomic E-state index is 9.19. The summed E-state index contributed by atoms with van der Waals surface area (Å²) < 4.78 is 6.68. The lowest BCUT2D eigenvalue weighted by Gasteiger charge is -2.08. The second kappa shape index (κ2) is 7.45. The normalized spacial score (nSPS) is 9.74. The molecule has 0 unspecified atom stereocenters. The molecule has 0 radical (unpaired) electrons. The van der Waals surface area contributed by atoms with Crippen molar-refractivity contribution < 1.29 is 4.74 Å². The van der Waals surface area contributed by atoms with E-state index in [1.165, 1.54) is 7.11 Å². The summed E-state index contributed by atoms with van der Waals surface area (Å²) in [5.74, 6) is 0.453. The number of nitrogens with one attached hydrogen (secondary N) is 1. The van der Waals surface area contributed by atoms with Gasteiger partial charge in [0, 0.05) is 11.6 Å². The zero-order valence-corrected chi connectivity index (χ0v) is 14.7. The van der Waals surface area contributed by atoms with Gasteiger partial charge in [-0.2, -0.15) is 15.8 Å². The van der Waals surface area contributed by atoms with Crippen LogP contribution >= 0.6 is 11.6 Å². The summed E-state index contributed by atoms with van der Waals surface area (Å²) in [6, 6.07) is 13.7. The first kappa shape index (κ1) is 17.8. The van der Waals surface area contributed by atoms with Crippen LogP contribution in [0.4, 0.5) is 5.69 Å². The number of aromatic nitrogens is 3. The quantitative estimate of drug-likeness (QED) is 0.694. The fourth-order valence-electron chi connectivity index (χ4n) is 2.31. The van der Waals surface area contributed by atoms with E-state index in [4.69, 9.17) is 26.9 Å². The van der Waals surface area contributed by atoms with E-state index in [-0.39, 0.29) is 11.3 Å². The highest BCUT2D eigenvalue weighted by molar-refractivity contribution is 6.33. The molecule has 0 fully saturated rings. The number of rotatable bonds is 4. The SMILES string of the molecule is COc1ccc2nc(-c3ccc(Cl)c(NC(C#N)=C(C#N)C#N)c3)cn2n1. The van der Waals surface area contributed by atoms with Crippen LogP contribution in [0.15, 0.2) is 47.8 Å². The number of ether oxygens (including phenoxy) is 1. The number of imidazole rings is 1. The Morgan fingerprint density at radius 3 is 2.59 bits per heavy atom. The zero-order valence-electron chi connectivity index (χ0n) is 13.9. The molecule has 2 heterocycles. The molecule has 0 amide bonds. The third-order valence-electron chi connectivity index (χ3n) is 3.61. The lowest BCUT2D eigenvalue weighted by atomic mass is 10.1. The summed E-state index contributed by atoms with van der Waals surface area (Å²) in [6.45, 7) is 0. The summed E-state index contributed by atoms with van der Waals surface area (Å²) in [5, 5.41) is 34.4. The van der Waals surface area contributed by atoms with E-state index in [1.54, 1.807) is 59.3 Å². The van der Waals surface area contributed by atoms with Crippen LogP contribution in [-0.4, -0.2) is 21.7 Å². The van der Waals surface area contributed by atoms with E-state index in [9.17, 15) is 5.26 Å². The molecule has 0 aliphatic rings. The molecule has 1 aromatic carbocycles. The number of allylic oxidation sites excluding steroid dienone is 2. The van der Waals surface area contributed by atoms with Crippen LogP contribution in [0.2, 0.25) is 5.02 Å². The lowest BCUT2D eigenvalue weighted by molar-refractivity contribution is 0.390. The van der Waals surface area contributed by atoms with Crippen LogP contribution < -0.4 is 10.1 Å². The minimum atomic E-state index is -0.331. The third-order valence-corrected chi connectivity index (χ3v) is 3.94. The largest absolute Gasteiger partial charge is 0.480 e. The van der Waals surface area contributed by atoms with Crippen molar-refractivity contribution in [3.63, 3.8) is 0 Å². The third kappa shape index (κ3) is 3.50. The molecule has 0 saturated carbocycles. The molecule has 0 saturated heterocycles. The van der Waals surface area contributed by atoms with Crippen molar-refractivity contribution in [1.29, 1.82) is 15.8 Å². The first-order valence-corrected chi connectivity index (χ1v) is 7.89. The Balaban J connectivity index is 2.04. The molecule has 3 rings (SSSR count). The molecule has 0 spiro atoms. The number of halogens is 1. The number of anilines is 1. The van der Waals surface area contributed by atoms with Crippen molar-refractivity contribution in [3.8, 4) is 35.3 Å². The summed E-state index contributed by atoms with van der Waals surface area (Å²) in [4.78, 5) is 4.49. The van der Waals surface area contributed by atoms with Gasteiger partial charge in [0.15, 0.2) is 11.2 Å². The first-order chi connectivity index (χ1) is 13.1.